The molecule has 5 nitrogen and oxygen atoms in total. The first-order chi connectivity index (χ1) is 9.97. The Hall–Kier alpha value is -1.53. The molecule has 21 heavy (non-hydrogen) atoms. The Balaban J connectivity index is 1.99. The van der Waals surface area contributed by atoms with Gasteiger partial charge in [-0.1, -0.05) is 23.4 Å². The molecule has 0 saturated heterocycles. The van der Waals surface area contributed by atoms with E-state index < -0.39 is 0 Å². The van der Waals surface area contributed by atoms with Crippen LogP contribution in [0.15, 0.2) is 35.7 Å². The van der Waals surface area contributed by atoms with E-state index in [0.717, 1.165) is 10.8 Å². The molecule has 1 aromatic carbocycles. The summed E-state index contributed by atoms with van der Waals surface area (Å²) in [6.07, 6.45) is 1.68. The third-order valence-corrected chi connectivity index (χ3v) is 4.18. The molecule has 0 saturated carbocycles. The van der Waals surface area contributed by atoms with Crippen molar-refractivity contribution >= 4 is 35.0 Å². The summed E-state index contributed by atoms with van der Waals surface area (Å²) in [5.74, 6) is -0.0828. The van der Waals surface area contributed by atoms with Crippen molar-refractivity contribution < 1.29 is 4.79 Å². The van der Waals surface area contributed by atoms with Gasteiger partial charge in [0.2, 0.25) is 5.91 Å². The molecule has 1 unspecified atom stereocenters. The van der Waals surface area contributed by atoms with Gasteiger partial charge >= 0.3 is 0 Å². The summed E-state index contributed by atoms with van der Waals surface area (Å²) in [6.45, 7) is 5.94. The highest BCUT2D eigenvalue weighted by Crippen LogP contribution is 2.24. The minimum absolute atomic E-state index is 0.0828. The SMILES string of the molecule is CC(Sc1nncn1C(C)C)C(=O)Nc1ccc(Cl)cc1. The largest absolute Gasteiger partial charge is 0.325 e. The number of carbonyl (C=O) groups excluding carboxylic acids is 1. The lowest BCUT2D eigenvalue weighted by molar-refractivity contribution is -0.115. The average molecular weight is 325 g/mol. The van der Waals surface area contributed by atoms with Crippen molar-refractivity contribution in [2.45, 2.75) is 37.2 Å². The molecule has 1 heterocycles. The van der Waals surface area contributed by atoms with Gasteiger partial charge in [-0.25, -0.2) is 0 Å². The Labute approximate surface area is 133 Å². The third kappa shape index (κ3) is 4.22. The van der Waals surface area contributed by atoms with E-state index in [9.17, 15) is 4.79 Å². The first-order valence-corrected chi connectivity index (χ1v) is 7.85. The molecular weight excluding hydrogens is 308 g/mol. The van der Waals surface area contributed by atoms with Crippen molar-refractivity contribution in [3.8, 4) is 0 Å². The fraction of sp³-hybridized carbons (Fsp3) is 0.357. The molecular formula is C14H17ClN4OS. The molecule has 0 aliphatic carbocycles. The van der Waals surface area contributed by atoms with Crippen LogP contribution in [0, 0.1) is 0 Å². The summed E-state index contributed by atoms with van der Waals surface area (Å²) in [6, 6.07) is 7.28. The van der Waals surface area contributed by atoms with Crippen molar-refractivity contribution in [1.29, 1.82) is 0 Å². The summed E-state index contributed by atoms with van der Waals surface area (Å²) in [7, 11) is 0. The quantitative estimate of drug-likeness (QED) is 0.853. The first kappa shape index (κ1) is 15.9. The topological polar surface area (TPSA) is 59.8 Å². The van der Waals surface area contributed by atoms with Crippen LogP contribution in [0.5, 0.6) is 0 Å². The zero-order valence-corrected chi connectivity index (χ0v) is 13.6. The van der Waals surface area contributed by atoms with Crippen molar-refractivity contribution in [3.05, 3.63) is 35.6 Å². The van der Waals surface area contributed by atoms with E-state index in [1.165, 1.54) is 11.8 Å². The summed E-state index contributed by atoms with van der Waals surface area (Å²) in [5.41, 5.74) is 0.724. The first-order valence-electron chi connectivity index (χ1n) is 6.60. The van der Waals surface area contributed by atoms with Crippen LogP contribution in [-0.4, -0.2) is 25.9 Å². The van der Waals surface area contributed by atoms with Crippen molar-refractivity contribution in [3.63, 3.8) is 0 Å². The zero-order valence-electron chi connectivity index (χ0n) is 12.1. The van der Waals surface area contributed by atoms with E-state index in [2.05, 4.69) is 15.5 Å². The van der Waals surface area contributed by atoms with E-state index in [1.54, 1.807) is 30.6 Å². The van der Waals surface area contributed by atoms with E-state index in [-0.39, 0.29) is 17.2 Å². The Morgan fingerprint density at radius 1 is 1.29 bits per heavy atom. The molecule has 2 aromatic rings. The highest BCUT2D eigenvalue weighted by atomic mass is 35.5. The second-order valence-electron chi connectivity index (χ2n) is 4.87. The van der Waals surface area contributed by atoms with Crippen LogP contribution >= 0.6 is 23.4 Å². The second kappa shape index (κ2) is 6.95. The van der Waals surface area contributed by atoms with Gasteiger partial charge in [0.05, 0.1) is 5.25 Å². The monoisotopic (exact) mass is 324 g/mol. The standard InChI is InChI=1S/C14H17ClN4OS/c1-9(2)19-8-16-18-14(19)21-10(3)13(20)17-12-6-4-11(15)5-7-12/h4-10H,1-3H3,(H,17,20). The molecule has 7 heteroatoms. The number of nitrogens with one attached hydrogen (secondary N) is 1. The molecule has 1 N–H and O–H groups in total. The van der Waals surface area contributed by atoms with Crippen molar-refractivity contribution in [2.75, 3.05) is 5.32 Å². The van der Waals surface area contributed by atoms with Gasteiger partial charge < -0.3 is 9.88 Å². The van der Waals surface area contributed by atoms with E-state index >= 15 is 0 Å². The van der Waals surface area contributed by atoms with Crippen LogP contribution < -0.4 is 5.32 Å². The van der Waals surface area contributed by atoms with Crippen LogP contribution in [0.4, 0.5) is 5.69 Å². The number of rotatable bonds is 5. The summed E-state index contributed by atoms with van der Waals surface area (Å²) in [5, 5.41) is 11.9. The Bertz CT molecular complexity index is 612. The number of benzene rings is 1. The minimum Gasteiger partial charge on any atom is -0.325 e. The van der Waals surface area contributed by atoms with Gasteiger partial charge in [0.15, 0.2) is 5.16 Å². The minimum atomic E-state index is -0.276. The molecule has 1 aromatic heterocycles. The molecule has 0 aliphatic rings. The summed E-state index contributed by atoms with van der Waals surface area (Å²) in [4.78, 5) is 12.2. The van der Waals surface area contributed by atoms with Crippen molar-refractivity contribution in [2.24, 2.45) is 0 Å². The normalized spacial score (nSPS) is 12.4. The number of hydrogen-bond donors (Lipinski definition) is 1. The maximum atomic E-state index is 12.2. The van der Waals surface area contributed by atoms with E-state index in [0.29, 0.717) is 5.02 Å². The number of carbonyl (C=O) groups is 1. The predicted octanol–water partition coefficient (Wildman–Crippen LogP) is 3.63. The molecule has 2 rings (SSSR count). The van der Waals surface area contributed by atoms with Crippen LogP contribution in [0.1, 0.15) is 26.8 Å². The Kier molecular flexibility index (Phi) is 5.25. The zero-order chi connectivity index (χ0) is 15.4. The Morgan fingerprint density at radius 2 is 1.95 bits per heavy atom. The molecule has 112 valence electrons. The van der Waals surface area contributed by atoms with Crippen LogP contribution in [0.2, 0.25) is 5.02 Å². The molecule has 0 spiro atoms. The van der Waals surface area contributed by atoms with Gasteiger partial charge in [-0.15, -0.1) is 10.2 Å². The van der Waals surface area contributed by atoms with Crippen LogP contribution in [-0.2, 0) is 4.79 Å². The lowest BCUT2D eigenvalue weighted by atomic mass is 10.3. The number of amides is 1. The van der Waals surface area contributed by atoms with Gasteiger partial charge in [-0.05, 0) is 45.0 Å². The lowest BCUT2D eigenvalue weighted by Crippen LogP contribution is -2.23. The van der Waals surface area contributed by atoms with Crippen LogP contribution in [0.25, 0.3) is 0 Å². The van der Waals surface area contributed by atoms with Crippen LogP contribution in [0.3, 0.4) is 0 Å². The molecule has 0 aliphatic heterocycles. The highest BCUT2D eigenvalue weighted by molar-refractivity contribution is 8.00. The van der Waals surface area contributed by atoms with Gasteiger partial charge in [0.1, 0.15) is 6.33 Å². The molecule has 1 atom stereocenters. The van der Waals surface area contributed by atoms with Crippen molar-refractivity contribution in [1.82, 2.24) is 14.8 Å². The van der Waals surface area contributed by atoms with Gasteiger partial charge in [0, 0.05) is 16.8 Å². The van der Waals surface area contributed by atoms with E-state index in [4.69, 9.17) is 11.6 Å². The van der Waals surface area contributed by atoms with E-state index in [1.807, 2.05) is 25.3 Å². The fourth-order valence-corrected chi connectivity index (χ4v) is 2.74. The van der Waals surface area contributed by atoms with Gasteiger partial charge in [-0.3, -0.25) is 4.79 Å². The fourth-order valence-electron chi connectivity index (χ4n) is 1.66. The maximum absolute atomic E-state index is 12.2. The Morgan fingerprint density at radius 3 is 2.57 bits per heavy atom. The number of hydrogen-bond acceptors (Lipinski definition) is 4. The number of thioether (sulfide) groups is 1. The van der Waals surface area contributed by atoms with Gasteiger partial charge in [-0.2, -0.15) is 0 Å². The summed E-state index contributed by atoms with van der Waals surface area (Å²) < 4.78 is 1.94. The molecule has 0 bridgehead atoms. The second-order valence-corrected chi connectivity index (χ2v) is 6.62. The summed E-state index contributed by atoms with van der Waals surface area (Å²) >= 11 is 7.20. The number of nitrogens with zero attached hydrogens (tertiary/aromatic N) is 3. The number of anilines is 1. The number of halogens is 1. The molecule has 1 amide bonds. The lowest BCUT2D eigenvalue weighted by Gasteiger charge is -2.14. The van der Waals surface area contributed by atoms with Gasteiger partial charge in [0.25, 0.3) is 0 Å². The molecule has 0 radical (unpaired) electrons. The predicted molar refractivity (Wildman–Crippen MR) is 85.8 cm³/mol. The maximum Gasteiger partial charge on any atom is 0.237 e. The highest BCUT2D eigenvalue weighted by Gasteiger charge is 2.18. The number of aromatic nitrogens is 3. The third-order valence-electron chi connectivity index (χ3n) is 2.86. The average Bonchev–Trinajstić information content (AvgIpc) is 2.89. The smallest absolute Gasteiger partial charge is 0.237 e. The molecule has 0 fully saturated rings.